The van der Waals surface area contributed by atoms with Gasteiger partial charge in [-0.1, -0.05) is 30.3 Å². The van der Waals surface area contributed by atoms with Crippen molar-refractivity contribution < 1.29 is 17.9 Å². The summed E-state index contributed by atoms with van der Waals surface area (Å²) in [5.41, 5.74) is 1.32. The number of guanidine groups is 1. The zero-order chi connectivity index (χ0) is 18.1. The van der Waals surface area contributed by atoms with Gasteiger partial charge in [-0.25, -0.2) is 9.38 Å². The smallest absolute Gasteiger partial charge is 0.387 e. The first-order valence-corrected chi connectivity index (χ1v) is 7.88. The summed E-state index contributed by atoms with van der Waals surface area (Å²) in [5.74, 6) is 0.299. The summed E-state index contributed by atoms with van der Waals surface area (Å²) in [6.45, 7) is 0.216. The van der Waals surface area contributed by atoms with Gasteiger partial charge in [0.2, 0.25) is 0 Å². The largest absolute Gasteiger partial charge is 0.434 e. The lowest BCUT2D eigenvalue weighted by molar-refractivity contribution is -0.0504. The van der Waals surface area contributed by atoms with E-state index in [0.717, 1.165) is 5.56 Å². The molecule has 0 bridgehead atoms. The Bertz CT molecular complexity index is 714. The van der Waals surface area contributed by atoms with E-state index in [1.807, 2.05) is 6.92 Å². The topological polar surface area (TPSA) is 45.7 Å². The van der Waals surface area contributed by atoms with Crippen molar-refractivity contribution in [3.05, 3.63) is 65.5 Å². The highest BCUT2D eigenvalue weighted by molar-refractivity contribution is 14.0. The van der Waals surface area contributed by atoms with Crippen molar-refractivity contribution in [3.63, 3.8) is 0 Å². The molecule has 2 aromatic rings. The Balaban J connectivity index is 0.00000338. The predicted octanol–water partition coefficient (Wildman–Crippen LogP) is 4.30. The molecule has 0 aliphatic carbocycles. The third kappa shape index (κ3) is 7.51. The Morgan fingerprint density at radius 2 is 1.88 bits per heavy atom. The first-order valence-electron chi connectivity index (χ1n) is 7.88. The zero-order valence-corrected chi connectivity index (χ0v) is 16.5. The Morgan fingerprint density at radius 3 is 2.58 bits per heavy atom. The lowest BCUT2D eigenvalue weighted by Gasteiger charge is -2.14. The van der Waals surface area contributed by atoms with Crippen LogP contribution in [0.1, 0.15) is 18.1 Å². The van der Waals surface area contributed by atoms with Crippen molar-refractivity contribution in [2.24, 2.45) is 4.99 Å². The number of ether oxygens (including phenoxy) is 1. The summed E-state index contributed by atoms with van der Waals surface area (Å²) in [6, 6.07) is 12.7. The molecule has 142 valence electrons. The van der Waals surface area contributed by atoms with Crippen LogP contribution in [0.15, 0.2) is 53.5 Å². The van der Waals surface area contributed by atoms with E-state index in [0.29, 0.717) is 24.6 Å². The van der Waals surface area contributed by atoms with Crippen LogP contribution in [0.3, 0.4) is 0 Å². The van der Waals surface area contributed by atoms with Crippen LogP contribution < -0.4 is 15.4 Å². The molecule has 2 rings (SSSR count). The molecule has 4 nitrogen and oxygen atoms in total. The van der Waals surface area contributed by atoms with Gasteiger partial charge in [-0.3, -0.25) is 0 Å². The van der Waals surface area contributed by atoms with Gasteiger partial charge < -0.3 is 15.4 Å². The number of para-hydroxylation sites is 1. The first kappa shape index (κ1) is 22.1. The SMILES string of the molecule is CCNC(=NCc1cccc(F)c1)NCc1ccccc1OC(F)F.I. The van der Waals surface area contributed by atoms with Crippen molar-refractivity contribution in [1.82, 2.24) is 10.6 Å². The number of aliphatic imine (C=N–C) groups is 1. The minimum atomic E-state index is -2.88. The van der Waals surface area contributed by atoms with Crippen LogP contribution in [-0.2, 0) is 13.1 Å². The van der Waals surface area contributed by atoms with Crippen molar-refractivity contribution in [1.29, 1.82) is 0 Å². The number of benzene rings is 2. The van der Waals surface area contributed by atoms with Crippen LogP contribution in [0.5, 0.6) is 5.75 Å². The van der Waals surface area contributed by atoms with Gasteiger partial charge in [0.1, 0.15) is 11.6 Å². The highest BCUT2D eigenvalue weighted by Gasteiger charge is 2.09. The van der Waals surface area contributed by atoms with Crippen LogP contribution in [0.2, 0.25) is 0 Å². The molecule has 0 saturated carbocycles. The highest BCUT2D eigenvalue weighted by atomic mass is 127. The Morgan fingerprint density at radius 1 is 1.12 bits per heavy atom. The second-order valence-corrected chi connectivity index (χ2v) is 5.16. The van der Waals surface area contributed by atoms with Crippen molar-refractivity contribution >= 4 is 29.9 Å². The monoisotopic (exact) mass is 479 g/mol. The average Bonchev–Trinajstić information content (AvgIpc) is 2.58. The molecule has 26 heavy (non-hydrogen) atoms. The van der Waals surface area contributed by atoms with E-state index >= 15 is 0 Å². The number of alkyl halides is 2. The summed E-state index contributed by atoms with van der Waals surface area (Å²) in [5, 5.41) is 6.11. The number of nitrogens with one attached hydrogen (secondary N) is 2. The molecule has 0 saturated heterocycles. The minimum Gasteiger partial charge on any atom is -0.434 e. The Kier molecular flexibility index (Phi) is 9.85. The minimum absolute atomic E-state index is 0. The molecule has 0 aromatic heterocycles. The second kappa shape index (κ2) is 11.6. The summed E-state index contributed by atoms with van der Waals surface area (Å²) < 4.78 is 42.6. The third-order valence-electron chi connectivity index (χ3n) is 3.29. The van der Waals surface area contributed by atoms with Crippen LogP contribution >= 0.6 is 24.0 Å². The molecule has 0 amide bonds. The summed E-state index contributed by atoms with van der Waals surface area (Å²) in [4.78, 5) is 4.37. The van der Waals surface area contributed by atoms with E-state index < -0.39 is 6.61 Å². The predicted molar refractivity (Wildman–Crippen MR) is 107 cm³/mol. The fraction of sp³-hybridized carbons (Fsp3) is 0.278. The maximum Gasteiger partial charge on any atom is 0.387 e. The fourth-order valence-electron chi connectivity index (χ4n) is 2.19. The third-order valence-corrected chi connectivity index (χ3v) is 3.29. The van der Waals surface area contributed by atoms with Crippen molar-refractivity contribution in [2.45, 2.75) is 26.6 Å². The standard InChI is InChI=1S/C18H20F3N3O.HI/c1-2-22-18(23-11-13-6-5-8-15(19)10-13)24-12-14-7-3-4-9-16(14)25-17(20)21;/h3-10,17H,2,11-12H2,1H3,(H2,22,23,24);1H. The van der Waals surface area contributed by atoms with Gasteiger partial charge in [-0.2, -0.15) is 8.78 Å². The van der Waals surface area contributed by atoms with Crippen LogP contribution in [0.25, 0.3) is 0 Å². The number of rotatable bonds is 7. The molecule has 0 aliphatic heterocycles. The number of nitrogens with zero attached hydrogens (tertiary/aromatic N) is 1. The van der Waals surface area contributed by atoms with E-state index in [-0.39, 0.29) is 42.1 Å². The molecule has 8 heteroatoms. The molecular formula is C18H21F3IN3O. The maximum absolute atomic E-state index is 13.2. The van der Waals surface area contributed by atoms with E-state index in [1.54, 1.807) is 30.3 Å². The first-order chi connectivity index (χ1) is 12.1. The molecule has 0 heterocycles. The van der Waals surface area contributed by atoms with E-state index in [4.69, 9.17) is 0 Å². The number of hydrogen-bond acceptors (Lipinski definition) is 2. The molecule has 0 radical (unpaired) electrons. The van der Waals surface area contributed by atoms with Gasteiger partial charge >= 0.3 is 6.61 Å². The van der Waals surface area contributed by atoms with Crippen LogP contribution in [-0.4, -0.2) is 19.1 Å². The van der Waals surface area contributed by atoms with Gasteiger partial charge in [0, 0.05) is 18.7 Å². The van der Waals surface area contributed by atoms with Gasteiger partial charge in [-0.05, 0) is 30.7 Å². The van der Waals surface area contributed by atoms with Gasteiger partial charge in [0.25, 0.3) is 0 Å². The molecule has 0 unspecified atom stereocenters. The molecule has 0 aliphatic rings. The van der Waals surface area contributed by atoms with Crippen molar-refractivity contribution in [3.8, 4) is 5.75 Å². The second-order valence-electron chi connectivity index (χ2n) is 5.16. The average molecular weight is 479 g/mol. The molecule has 0 atom stereocenters. The van der Waals surface area contributed by atoms with Crippen LogP contribution in [0.4, 0.5) is 13.2 Å². The Labute approximate surface area is 167 Å². The van der Waals surface area contributed by atoms with Gasteiger partial charge in [0.05, 0.1) is 6.54 Å². The summed E-state index contributed by atoms with van der Waals surface area (Å²) >= 11 is 0. The quantitative estimate of drug-likeness (QED) is 0.354. The Hall–Kier alpha value is -1.97. The molecule has 2 aromatic carbocycles. The normalized spacial score (nSPS) is 11.0. The lowest BCUT2D eigenvalue weighted by atomic mass is 10.2. The van der Waals surface area contributed by atoms with E-state index in [2.05, 4.69) is 20.4 Å². The van der Waals surface area contributed by atoms with E-state index in [1.165, 1.54) is 18.2 Å². The summed E-state index contributed by atoms with van der Waals surface area (Å²) in [6.07, 6.45) is 0. The van der Waals surface area contributed by atoms with Gasteiger partial charge in [0.15, 0.2) is 5.96 Å². The fourth-order valence-corrected chi connectivity index (χ4v) is 2.19. The highest BCUT2D eigenvalue weighted by Crippen LogP contribution is 2.19. The number of hydrogen-bond donors (Lipinski definition) is 2. The van der Waals surface area contributed by atoms with Crippen molar-refractivity contribution in [2.75, 3.05) is 6.54 Å². The maximum atomic E-state index is 13.2. The van der Waals surface area contributed by atoms with Gasteiger partial charge in [-0.15, -0.1) is 24.0 Å². The molecule has 0 spiro atoms. The molecule has 0 fully saturated rings. The van der Waals surface area contributed by atoms with Crippen LogP contribution in [0, 0.1) is 5.82 Å². The molecular weight excluding hydrogens is 458 g/mol. The summed E-state index contributed by atoms with van der Waals surface area (Å²) in [7, 11) is 0. The number of halogens is 4. The lowest BCUT2D eigenvalue weighted by Crippen LogP contribution is -2.36. The zero-order valence-electron chi connectivity index (χ0n) is 14.2. The molecule has 2 N–H and O–H groups in total. The van der Waals surface area contributed by atoms with E-state index in [9.17, 15) is 13.2 Å².